The number of amides is 2. The molecule has 4 nitrogen and oxygen atoms in total. The van der Waals surface area contributed by atoms with E-state index in [1.54, 1.807) is 18.2 Å². The van der Waals surface area contributed by atoms with Crippen LogP contribution in [0.15, 0.2) is 36.4 Å². The highest BCUT2D eigenvalue weighted by Crippen LogP contribution is 2.27. The van der Waals surface area contributed by atoms with Gasteiger partial charge >= 0.3 is 0 Å². The fourth-order valence-electron chi connectivity index (χ4n) is 2.74. The minimum Gasteiger partial charge on any atom is -0.326 e. The fraction of sp³-hybridized carbons (Fsp3) is 0.300. The molecule has 138 valence electrons. The van der Waals surface area contributed by atoms with Crippen molar-refractivity contribution in [3.8, 4) is 0 Å². The molecule has 26 heavy (non-hydrogen) atoms. The maximum Gasteiger partial charge on any atom is 0.226 e. The van der Waals surface area contributed by atoms with Gasteiger partial charge < -0.3 is 10.2 Å². The molecule has 0 aliphatic heterocycles. The number of hydrogen-bond acceptors (Lipinski definition) is 2. The molecule has 1 N–H and O–H groups in total. The highest BCUT2D eigenvalue weighted by atomic mass is 35.5. The molecular formula is C20H22Cl2N2O2. The third-order valence-electron chi connectivity index (χ3n) is 4.16. The summed E-state index contributed by atoms with van der Waals surface area (Å²) in [6.07, 6.45) is 1.01. The van der Waals surface area contributed by atoms with E-state index in [-0.39, 0.29) is 24.8 Å². The predicted octanol–water partition coefficient (Wildman–Crippen LogP) is 5.25. The highest BCUT2D eigenvalue weighted by molar-refractivity contribution is 6.42. The Morgan fingerprint density at radius 2 is 1.85 bits per heavy atom. The topological polar surface area (TPSA) is 49.4 Å². The number of halogens is 2. The van der Waals surface area contributed by atoms with Crippen LogP contribution in [0.1, 0.15) is 31.4 Å². The zero-order valence-corrected chi connectivity index (χ0v) is 16.6. The average Bonchev–Trinajstić information content (AvgIpc) is 2.59. The largest absolute Gasteiger partial charge is 0.326 e. The molecule has 2 aromatic rings. The van der Waals surface area contributed by atoms with E-state index in [2.05, 4.69) is 5.32 Å². The molecule has 0 saturated carbocycles. The van der Waals surface area contributed by atoms with Crippen LogP contribution >= 0.6 is 23.2 Å². The van der Waals surface area contributed by atoms with Crippen LogP contribution in [0.4, 0.5) is 11.4 Å². The number of anilines is 2. The van der Waals surface area contributed by atoms with Crippen molar-refractivity contribution >= 4 is 46.4 Å². The van der Waals surface area contributed by atoms with Gasteiger partial charge in [0.1, 0.15) is 0 Å². The summed E-state index contributed by atoms with van der Waals surface area (Å²) in [7, 11) is 0. The minimum absolute atomic E-state index is 0.139. The van der Waals surface area contributed by atoms with Gasteiger partial charge in [0.05, 0.1) is 10.0 Å². The van der Waals surface area contributed by atoms with Gasteiger partial charge in [0.25, 0.3) is 0 Å². The van der Waals surface area contributed by atoms with Crippen molar-refractivity contribution in [3.05, 3.63) is 57.6 Å². The molecule has 0 aromatic heterocycles. The summed E-state index contributed by atoms with van der Waals surface area (Å²) in [5, 5.41) is 3.76. The number of nitrogens with zero attached hydrogens (tertiary/aromatic N) is 1. The minimum atomic E-state index is -0.165. The normalized spacial score (nSPS) is 10.5. The highest BCUT2D eigenvalue weighted by Gasteiger charge is 2.16. The van der Waals surface area contributed by atoms with Crippen LogP contribution in [-0.2, 0) is 16.0 Å². The van der Waals surface area contributed by atoms with Crippen molar-refractivity contribution in [2.75, 3.05) is 16.8 Å². The number of benzene rings is 2. The molecule has 2 amide bonds. The van der Waals surface area contributed by atoms with Crippen molar-refractivity contribution < 1.29 is 9.59 Å². The van der Waals surface area contributed by atoms with E-state index in [0.717, 1.165) is 23.2 Å². The lowest BCUT2D eigenvalue weighted by molar-refractivity contribution is -0.117. The molecule has 0 fully saturated rings. The Hall–Kier alpha value is -2.04. The van der Waals surface area contributed by atoms with Crippen LogP contribution in [0.3, 0.4) is 0 Å². The van der Waals surface area contributed by atoms with E-state index < -0.39 is 0 Å². The zero-order chi connectivity index (χ0) is 19.3. The second-order valence-corrected chi connectivity index (χ2v) is 6.84. The first-order valence-electron chi connectivity index (χ1n) is 8.45. The van der Waals surface area contributed by atoms with E-state index in [4.69, 9.17) is 23.2 Å². The van der Waals surface area contributed by atoms with Gasteiger partial charge in [-0.25, -0.2) is 0 Å². The molecule has 0 bridgehead atoms. The van der Waals surface area contributed by atoms with E-state index in [9.17, 15) is 9.59 Å². The maximum atomic E-state index is 12.4. The van der Waals surface area contributed by atoms with Crippen LogP contribution in [0.2, 0.25) is 10.0 Å². The SMILES string of the molecule is CCc1cccc(C)c1NC(=O)CCN(C(C)=O)c1ccc(Cl)c(Cl)c1. The molecule has 6 heteroatoms. The first-order valence-corrected chi connectivity index (χ1v) is 9.20. The molecule has 0 saturated heterocycles. The van der Waals surface area contributed by atoms with Crippen LogP contribution < -0.4 is 10.2 Å². The van der Waals surface area contributed by atoms with Crippen LogP contribution in [0.25, 0.3) is 0 Å². The van der Waals surface area contributed by atoms with Gasteiger partial charge in [0.15, 0.2) is 0 Å². The molecular weight excluding hydrogens is 371 g/mol. The Bertz CT molecular complexity index is 821. The first kappa shape index (κ1) is 20.3. The molecule has 2 rings (SSSR count). The molecule has 0 spiro atoms. The van der Waals surface area contributed by atoms with Gasteiger partial charge in [0.2, 0.25) is 11.8 Å². The second-order valence-electron chi connectivity index (χ2n) is 6.03. The number of hydrogen-bond donors (Lipinski definition) is 1. The third-order valence-corrected chi connectivity index (χ3v) is 4.90. The molecule has 2 aromatic carbocycles. The summed E-state index contributed by atoms with van der Waals surface area (Å²) in [6.45, 7) is 5.72. The molecule has 0 radical (unpaired) electrons. The quantitative estimate of drug-likeness (QED) is 0.729. The van der Waals surface area contributed by atoms with E-state index >= 15 is 0 Å². The Balaban J connectivity index is 2.09. The zero-order valence-electron chi connectivity index (χ0n) is 15.1. The fourth-order valence-corrected chi connectivity index (χ4v) is 3.03. The van der Waals surface area contributed by atoms with Gasteiger partial charge in [-0.1, -0.05) is 48.3 Å². The monoisotopic (exact) mass is 392 g/mol. The van der Waals surface area contributed by atoms with Gasteiger partial charge in [-0.15, -0.1) is 0 Å². The van der Waals surface area contributed by atoms with Crippen molar-refractivity contribution in [2.45, 2.75) is 33.6 Å². The lowest BCUT2D eigenvalue weighted by atomic mass is 10.1. The number of aryl methyl sites for hydroxylation is 2. The van der Waals surface area contributed by atoms with Crippen LogP contribution in [-0.4, -0.2) is 18.4 Å². The lowest BCUT2D eigenvalue weighted by Crippen LogP contribution is -2.32. The molecule has 0 atom stereocenters. The van der Waals surface area contributed by atoms with Crippen LogP contribution in [0.5, 0.6) is 0 Å². The number of carbonyl (C=O) groups is 2. The van der Waals surface area contributed by atoms with E-state index in [0.29, 0.717) is 15.7 Å². The Morgan fingerprint density at radius 3 is 2.46 bits per heavy atom. The maximum absolute atomic E-state index is 12.4. The van der Waals surface area contributed by atoms with Crippen molar-refractivity contribution in [3.63, 3.8) is 0 Å². The summed E-state index contributed by atoms with van der Waals surface area (Å²) in [5.41, 5.74) is 3.57. The van der Waals surface area contributed by atoms with Gasteiger partial charge in [-0.05, 0) is 42.7 Å². The predicted molar refractivity (Wildman–Crippen MR) is 108 cm³/mol. The standard InChI is InChI=1S/C20H22Cl2N2O2/c1-4-15-7-5-6-13(2)20(15)23-19(26)10-11-24(14(3)25)16-8-9-17(21)18(22)12-16/h5-9,12H,4,10-11H2,1-3H3,(H,23,26). The van der Waals surface area contributed by atoms with Crippen molar-refractivity contribution in [1.82, 2.24) is 0 Å². The molecule has 0 heterocycles. The number of rotatable bonds is 6. The first-order chi connectivity index (χ1) is 12.3. The molecule has 0 aliphatic carbocycles. The number of carbonyl (C=O) groups excluding carboxylic acids is 2. The lowest BCUT2D eigenvalue weighted by Gasteiger charge is -2.22. The number of nitrogens with one attached hydrogen (secondary N) is 1. The number of para-hydroxylation sites is 1. The molecule has 0 aliphatic rings. The Morgan fingerprint density at radius 1 is 1.12 bits per heavy atom. The summed E-state index contributed by atoms with van der Waals surface area (Å²) in [4.78, 5) is 25.9. The van der Waals surface area contributed by atoms with Gasteiger partial charge in [-0.2, -0.15) is 0 Å². The smallest absolute Gasteiger partial charge is 0.226 e. The average molecular weight is 393 g/mol. The summed E-state index contributed by atoms with van der Waals surface area (Å²) < 4.78 is 0. The van der Waals surface area contributed by atoms with E-state index in [1.165, 1.54) is 11.8 Å². The van der Waals surface area contributed by atoms with Gasteiger partial charge in [-0.3, -0.25) is 9.59 Å². The van der Waals surface area contributed by atoms with Crippen LogP contribution in [0, 0.1) is 6.92 Å². The Kier molecular flexibility index (Phi) is 7.06. The third kappa shape index (κ3) is 4.99. The summed E-state index contributed by atoms with van der Waals surface area (Å²) in [6, 6.07) is 10.9. The second kappa shape index (κ2) is 9.06. The van der Waals surface area contributed by atoms with E-state index in [1.807, 2.05) is 32.0 Å². The van der Waals surface area contributed by atoms with Gasteiger partial charge in [0, 0.05) is 31.3 Å². The summed E-state index contributed by atoms with van der Waals surface area (Å²) >= 11 is 12.0. The molecule has 0 unspecified atom stereocenters. The van der Waals surface area contributed by atoms with Crippen molar-refractivity contribution in [2.24, 2.45) is 0 Å². The summed E-state index contributed by atoms with van der Waals surface area (Å²) in [5.74, 6) is -0.304. The Labute approximate surface area is 164 Å². The van der Waals surface area contributed by atoms with Crippen molar-refractivity contribution in [1.29, 1.82) is 0 Å².